The predicted molar refractivity (Wildman–Crippen MR) is 120 cm³/mol. The SMILES string of the molecule is CC(=O)NC1CC2CC[C@H](C1)N2C(=O)C(F)(F)c1cc(C(=O)Nc2ccc(F)c(C)c2)ccc1F. The molecule has 2 aliphatic rings. The molecule has 2 N–H and O–H groups in total. The number of nitrogens with zero attached hydrogens (tertiary/aromatic N) is 1. The van der Waals surface area contributed by atoms with Crippen LogP contribution in [0.2, 0.25) is 0 Å². The van der Waals surface area contributed by atoms with Gasteiger partial charge in [0.1, 0.15) is 11.6 Å². The molecule has 3 atom stereocenters. The van der Waals surface area contributed by atoms with Gasteiger partial charge in [-0.15, -0.1) is 0 Å². The quantitative estimate of drug-likeness (QED) is 0.613. The lowest BCUT2D eigenvalue weighted by Crippen LogP contribution is -2.55. The molecule has 2 aromatic carbocycles. The summed E-state index contributed by atoms with van der Waals surface area (Å²) in [5, 5.41) is 5.24. The minimum atomic E-state index is -4.20. The fourth-order valence-corrected chi connectivity index (χ4v) is 5.02. The number of amides is 3. The third-order valence-electron chi connectivity index (χ3n) is 6.63. The zero-order valence-corrected chi connectivity index (χ0v) is 19.2. The van der Waals surface area contributed by atoms with Gasteiger partial charge in [0.25, 0.3) is 11.8 Å². The molecule has 2 aromatic rings. The van der Waals surface area contributed by atoms with Gasteiger partial charge in [0.05, 0.1) is 5.56 Å². The molecule has 2 fully saturated rings. The molecule has 0 saturated carbocycles. The van der Waals surface area contributed by atoms with Gasteiger partial charge in [0.2, 0.25) is 5.91 Å². The molecular weight excluding hydrogens is 466 g/mol. The van der Waals surface area contributed by atoms with Crippen molar-refractivity contribution in [3.63, 3.8) is 0 Å². The summed E-state index contributed by atoms with van der Waals surface area (Å²) in [5.74, 6) is -8.53. The van der Waals surface area contributed by atoms with Crippen molar-refractivity contribution in [1.29, 1.82) is 0 Å². The van der Waals surface area contributed by atoms with Crippen LogP contribution < -0.4 is 10.6 Å². The molecule has 10 heteroatoms. The van der Waals surface area contributed by atoms with Crippen LogP contribution in [0.1, 0.15) is 54.1 Å². The van der Waals surface area contributed by atoms with Gasteiger partial charge in [-0.2, -0.15) is 8.78 Å². The zero-order chi connectivity index (χ0) is 25.5. The van der Waals surface area contributed by atoms with E-state index in [0.717, 1.165) is 23.1 Å². The molecular formula is C25H25F4N3O3. The number of alkyl halides is 2. The topological polar surface area (TPSA) is 78.5 Å². The molecule has 2 bridgehead atoms. The molecule has 2 saturated heterocycles. The van der Waals surface area contributed by atoms with Crippen molar-refractivity contribution in [3.05, 3.63) is 64.7 Å². The summed E-state index contributed by atoms with van der Waals surface area (Å²) < 4.78 is 58.7. The van der Waals surface area contributed by atoms with Gasteiger partial charge in [-0.1, -0.05) is 0 Å². The number of hydrogen-bond donors (Lipinski definition) is 2. The predicted octanol–water partition coefficient (Wildman–Crippen LogP) is 4.28. The van der Waals surface area contributed by atoms with Crippen molar-refractivity contribution in [1.82, 2.24) is 10.2 Å². The molecule has 4 rings (SSSR count). The smallest absolute Gasteiger partial charge is 0.352 e. The lowest BCUT2D eigenvalue weighted by Gasteiger charge is -2.40. The highest BCUT2D eigenvalue weighted by Gasteiger charge is 2.53. The van der Waals surface area contributed by atoms with E-state index in [2.05, 4.69) is 10.6 Å². The molecule has 0 aromatic heterocycles. The maximum atomic E-state index is 15.4. The second kappa shape index (κ2) is 9.31. The Hall–Kier alpha value is -3.43. The van der Waals surface area contributed by atoms with Crippen molar-refractivity contribution < 1.29 is 31.9 Å². The standard InChI is InChI=1S/C25H25F4N3O3/c1-13-9-16(4-8-21(13)26)31-23(34)15-3-7-22(27)20(10-15)25(28,29)24(35)32-18-5-6-19(32)12-17(11-18)30-14(2)33/h3-4,7-10,17-19H,5-6,11-12H2,1-2H3,(H,30,33)(H,31,34)/t17?,18-,19?/m1/s1. The van der Waals surface area contributed by atoms with E-state index in [1.807, 2.05) is 0 Å². The van der Waals surface area contributed by atoms with Crippen LogP contribution in [0, 0.1) is 18.6 Å². The maximum absolute atomic E-state index is 15.4. The highest BCUT2D eigenvalue weighted by Crippen LogP contribution is 2.41. The highest BCUT2D eigenvalue weighted by atomic mass is 19.3. The summed E-state index contributed by atoms with van der Waals surface area (Å²) in [6, 6.07) is 5.08. The van der Waals surface area contributed by atoms with E-state index < -0.39 is 47.0 Å². The number of piperidine rings is 1. The summed E-state index contributed by atoms with van der Waals surface area (Å²) in [6.07, 6.45) is 1.73. The maximum Gasteiger partial charge on any atom is 0.352 e. The summed E-state index contributed by atoms with van der Waals surface area (Å²) in [7, 11) is 0. The fourth-order valence-electron chi connectivity index (χ4n) is 5.02. The Morgan fingerprint density at radius 3 is 2.20 bits per heavy atom. The average molecular weight is 491 g/mol. The van der Waals surface area contributed by atoms with Gasteiger partial charge in [-0.05, 0) is 74.6 Å². The van der Waals surface area contributed by atoms with Crippen LogP contribution >= 0.6 is 0 Å². The Kier molecular flexibility index (Phi) is 6.57. The van der Waals surface area contributed by atoms with Crippen LogP contribution in [0.15, 0.2) is 36.4 Å². The van der Waals surface area contributed by atoms with Crippen LogP contribution in [-0.4, -0.2) is 40.7 Å². The molecule has 35 heavy (non-hydrogen) atoms. The second-order valence-corrected chi connectivity index (χ2v) is 9.15. The van der Waals surface area contributed by atoms with Gasteiger partial charge < -0.3 is 15.5 Å². The van der Waals surface area contributed by atoms with E-state index in [1.54, 1.807) is 0 Å². The van der Waals surface area contributed by atoms with Gasteiger partial charge in [0, 0.05) is 36.3 Å². The first kappa shape index (κ1) is 24.7. The molecule has 2 aliphatic heterocycles. The fraction of sp³-hybridized carbons (Fsp3) is 0.400. The third kappa shape index (κ3) is 4.87. The zero-order valence-electron chi connectivity index (χ0n) is 19.2. The summed E-state index contributed by atoms with van der Waals surface area (Å²) in [4.78, 5) is 38.1. The number of carbonyl (C=O) groups is 3. The number of hydrogen-bond acceptors (Lipinski definition) is 3. The molecule has 2 heterocycles. The second-order valence-electron chi connectivity index (χ2n) is 9.15. The Morgan fingerprint density at radius 1 is 0.971 bits per heavy atom. The van der Waals surface area contributed by atoms with E-state index in [-0.39, 0.29) is 28.8 Å². The molecule has 186 valence electrons. The molecule has 2 unspecified atom stereocenters. The van der Waals surface area contributed by atoms with Crippen molar-refractivity contribution in [2.24, 2.45) is 0 Å². The van der Waals surface area contributed by atoms with Crippen molar-refractivity contribution in [3.8, 4) is 0 Å². The Morgan fingerprint density at radius 2 is 1.60 bits per heavy atom. The number of carbonyl (C=O) groups excluding carboxylic acids is 3. The number of anilines is 1. The van der Waals surface area contributed by atoms with E-state index in [1.165, 1.54) is 26.0 Å². The van der Waals surface area contributed by atoms with Gasteiger partial charge in [-0.25, -0.2) is 8.78 Å². The average Bonchev–Trinajstić information content (AvgIpc) is 3.05. The van der Waals surface area contributed by atoms with Crippen LogP contribution in [0.4, 0.5) is 23.2 Å². The third-order valence-corrected chi connectivity index (χ3v) is 6.63. The molecule has 0 radical (unpaired) electrons. The Labute approximate surface area is 199 Å². The Balaban J connectivity index is 1.55. The van der Waals surface area contributed by atoms with Crippen LogP contribution in [-0.2, 0) is 15.5 Å². The summed E-state index contributed by atoms with van der Waals surface area (Å²) in [6.45, 7) is 2.87. The minimum Gasteiger partial charge on any atom is -0.353 e. The normalized spacial score (nSPS) is 21.5. The van der Waals surface area contributed by atoms with E-state index >= 15 is 8.78 Å². The van der Waals surface area contributed by atoms with E-state index in [0.29, 0.717) is 31.7 Å². The highest BCUT2D eigenvalue weighted by molar-refractivity contribution is 6.04. The van der Waals surface area contributed by atoms with Gasteiger partial charge in [-0.3, -0.25) is 14.4 Å². The van der Waals surface area contributed by atoms with Crippen LogP contribution in [0.3, 0.4) is 0 Å². The first-order chi connectivity index (χ1) is 16.5. The monoisotopic (exact) mass is 491 g/mol. The number of fused-ring (bicyclic) bond motifs is 2. The van der Waals surface area contributed by atoms with Crippen molar-refractivity contribution in [2.75, 3.05) is 5.32 Å². The number of rotatable bonds is 5. The van der Waals surface area contributed by atoms with E-state index in [9.17, 15) is 23.2 Å². The summed E-state index contributed by atoms with van der Waals surface area (Å²) in [5.41, 5.74) is -0.949. The molecule has 6 nitrogen and oxygen atoms in total. The van der Waals surface area contributed by atoms with Crippen molar-refractivity contribution >= 4 is 23.4 Å². The molecule has 0 aliphatic carbocycles. The number of benzene rings is 2. The largest absolute Gasteiger partial charge is 0.353 e. The van der Waals surface area contributed by atoms with Gasteiger partial charge >= 0.3 is 5.92 Å². The Bertz CT molecular complexity index is 1170. The van der Waals surface area contributed by atoms with Crippen molar-refractivity contribution in [2.45, 2.75) is 63.6 Å². The number of aryl methyl sites for hydroxylation is 1. The number of nitrogens with one attached hydrogen (secondary N) is 2. The van der Waals surface area contributed by atoms with Crippen LogP contribution in [0.25, 0.3) is 0 Å². The van der Waals surface area contributed by atoms with E-state index in [4.69, 9.17) is 0 Å². The number of halogens is 4. The lowest BCUT2D eigenvalue weighted by molar-refractivity contribution is -0.164. The minimum absolute atomic E-state index is 0.207. The lowest BCUT2D eigenvalue weighted by atomic mass is 9.95. The van der Waals surface area contributed by atoms with Gasteiger partial charge in [0.15, 0.2) is 0 Å². The first-order valence-corrected chi connectivity index (χ1v) is 11.3. The molecule has 3 amide bonds. The first-order valence-electron chi connectivity index (χ1n) is 11.3. The molecule has 0 spiro atoms. The van der Waals surface area contributed by atoms with Crippen LogP contribution in [0.5, 0.6) is 0 Å². The summed E-state index contributed by atoms with van der Waals surface area (Å²) >= 11 is 0.